The number of nitrogens with one attached hydrogen (secondary N) is 2. The summed E-state index contributed by atoms with van der Waals surface area (Å²) in [5.74, 6) is 1.27. The standard InChI is InChI=1S/C21H33F3N4O2.HI/c1-15(2)18(28-7-9-29-10-8-28)13-27-20(25-4)26-12-17-6-5-16(3)11-19(17)30-14-21(22,23)24;/h5-6,11,15,18H,7-10,12-14H2,1-4H3,(H2,25,26,27);1H. The second-order valence-corrected chi connectivity index (χ2v) is 7.78. The SMILES string of the molecule is CN=C(NCc1ccc(C)cc1OCC(F)(F)F)NCC(C(C)C)N1CCOCC1.I. The van der Waals surface area contributed by atoms with E-state index in [0.29, 0.717) is 36.6 Å². The van der Waals surface area contributed by atoms with Crippen LogP contribution in [0, 0.1) is 12.8 Å². The van der Waals surface area contributed by atoms with E-state index in [-0.39, 0.29) is 29.7 Å². The Kier molecular flexibility index (Phi) is 11.9. The second-order valence-electron chi connectivity index (χ2n) is 7.78. The van der Waals surface area contributed by atoms with Crippen LogP contribution in [0.2, 0.25) is 0 Å². The first-order valence-corrected chi connectivity index (χ1v) is 10.2. The van der Waals surface area contributed by atoms with Crippen LogP contribution in [0.3, 0.4) is 0 Å². The van der Waals surface area contributed by atoms with Crippen LogP contribution in [0.25, 0.3) is 0 Å². The number of rotatable bonds is 8. The van der Waals surface area contributed by atoms with Crippen LogP contribution >= 0.6 is 24.0 Å². The highest BCUT2D eigenvalue weighted by Crippen LogP contribution is 2.23. The Hall–Kier alpha value is -1.27. The summed E-state index contributed by atoms with van der Waals surface area (Å²) in [4.78, 5) is 6.66. The third-order valence-corrected chi connectivity index (χ3v) is 5.05. The van der Waals surface area contributed by atoms with Gasteiger partial charge in [0, 0.05) is 44.8 Å². The van der Waals surface area contributed by atoms with Gasteiger partial charge >= 0.3 is 6.18 Å². The summed E-state index contributed by atoms with van der Waals surface area (Å²) < 4.78 is 48.1. The van der Waals surface area contributed by atoms with Gasteiger partial charge in [0.1, 0.15) is 5.75 Å². The van der Waals surface area contributed by atoms with Gasteiger partial charge in [0.15, 0.2) is 12.6 Å². The number of aryl methyl sites for hydroxylation is 1. The molecule has 1 aliphatic heterocycles. The summed E-state index contributed by atoms with van der Waals surface area (Å²) in [6.45, 7) is 9.18. The third-order valence-electron chi connectivity index (χ3n) is 5.05. The highest BCUT2D eigenvalue weighted by molar-refractivity contribution is 14.0. The van der Waals surface area contributed by atoms with Gasteiger partial charge in [-0.05, 0) is 24.5 Å². The molecule has 1 aromatic rings. The number of ether oxygens (including phenoxy) is 2. The van der Waals surface area contributed by atoms with E-state index in [4.69, 9.17) is 9.47 Å². The zero-order valence-corrected chi connectivity index (χ0v) is 20.9. The number of halogens is 4. The van der Waals surface area contributed by atoms with Crippen LogP contribution in [0.15, 0.2) is 23.2 Å². The van der Waals surface area contributed by atoms with Gasteiger partial charge in [-0.1, -0.05) is 26.0 Å². The van der Waals surface area contributed by atoms with Crippen LogP contribution in [0.5, 0.6) is 5.75 Å². The predicted molar refractivity (Wildman–Crippen MR) is 127 cm³/mol. The number of hydrogen-bond acceptors (Lipinski definition) is 4. The third kappa shape index (κ3) is 9.82. The number of aliphatic imine (C=N–C) groups is 1. The molecule has 1 fully saturated rings. The molecule has 0 aliphatic carbocycles. The number of alkyl halides is 3. The molecule has 0 amide bonds. The Labute approximate surface area is 200 Å². The van der Waals surface area contributed by atoms with Crippen molar-refractivity contribution in [3.63, 3.8) is 0 Å². The lowest BCUT2D eigenvalue weighted by molar-refractivity contribution is -0.153. The fourth-order valence-corrected chi connectivity index (χ4v) is 3.40. The number of benzene rings is 1. The van der Waals surface area contributed by atoms with E-state index in [2.05, 4.69) is 34.4 Å². The number of morpholine rings is 1. The van der Waals surface area contributed by atoms with E-state index in [1.807, 2.05) is 13.0 Å². The molecule has 2 rings (SSSR count). The molecule has 1 aromatic carbocycles. The minimum absolute atomic E-state index is 0. The Morgan fingerprint density at radius 1 is 1.23 bits per heavy atom. The average molecular weight is 558 g/mol. The van der Waals surface area contributed by atoms with E-state index >= 15 is 0 Å². The van der Waals surface area contributed by atoms with E-state index in [1.54, 1.807) is 19.2 Å². The van der Waals surface area contributed by atoms with Gasteiger partial charge in [0.25, 0.3) is 0 Å². The molecule has 1 heterocycles. The molecule has 0 spiro atoms. The number of hydrogen-bond donors (Lipinski definition) is 2. The zero-order chi connectivity index (χ0) is 22.1. The molecule has 178 valence electrons. The molecule has 0 radical (unpaired) electrons. The molecule has 10 heteroatoms. The zero-order valence-electron chi connectivity index (χ0n) is 18.6. The van der Waals surface area contributed by atoms with Gasteiger partial charge in [-0.2, -0.15) is 13.2 Å². The summed E-state index contributed by atoms with van der Waals surface area (Å²) in [5, 5.41) is 6.52. The monoisotopic (exact) mass is 558 g/mol. The first-order valence-electron chi connectivity index (χ1n) is 10.2. The van der Waals surface area contributed by atoms with Crippen molar-refractivity contribution in [1.82, 2.24) is 15.5 Å². The fourth-order valence-electron chi connectivity index (χ4n) is 3.40. The second kappa shape index (κ2) is 13.3. The van der Waals surface area contributed by atoms with Crippen LogP contribution in [0.1, 0.15) is 25.0 Å². The summed E-state index contributed by atoms with van der Waals surface area (Å²) in [7, 11) is 1.67. The minimum Gasteiger partial charge on any atom is -0.484 e. The molecule has 6 nitrogen and oxygen atoms in total. The maximum atomic E-state index is 12.6. The fraction of sp³-hybridized carbons (Fsp3) is 0.667. The first-order chi connectivity index (χ1) is 14.2. The largest absolute Gasteiger partial charge is 0.484 e. The molecule has 0 bridgehead atoms. The summed E-state index contributed by atoms with van der Waals surface area (Å²) in [6, 6.07) is 5.57. The molecule has 2 N–H and O–H groups in total. The van der Waals surface area contributed by atoms with Gasteiger partial charge in [-0.15, -0.1) is 24.0 Å². The molecule has 31 heavy (non-hydrogen) atoms. The lowest BCUT2D eigenvalue weighted by atomic mass is 10.0. The van der Waals surface area contributed by atoms with Crippen LogP contribution in [-0.4, -0.2) is 69.6 Å². The lowest BCUT2D eigenvalue weighted by Crippen LogP contribution is -2.52. The van der Waals surface area contributed by atoms with Crippen molar-refractivity contribution in [3.8, 4) is 5.75 Å². The van der Waals surface area contributed by atoms with Crippen molar-refractivity contribution in [2.45, 2.75) is 39.5 Å². The van der Waals surface area contributed by atoms with Crippen molar-refractivity contribution in [1.29, 1.82) is 0 Å². The van der Waals surface area contributed by atoms with Crippen molar-refractivity contribution < 1.29 is 22.6 Å². The van der Waals surface area contributed by atoms with E-state index in [1.165, 1.54) is 0 Å². The Morgan fingerprint density at radius 2 is 1.90 bits per heavy atom. The minimum atomic E-state index is -4.38. The molecule has 1 unspecified atom stereocenters. The van der Waals surface area contributed by atoms with E-state index < -0.39 is 12.8 Å². The Balaban J connectivity index is 0.00000480. The Morgan fingerprint density at radius 3 is 2.48 bits per heavy atom. The van der Waals surface area contributed by atoms with Gasteiger partial charge < -0.3 is 20.1 Å². The summed E-state index contributed by atoms with van der Waals surface area (Å²) >= 11 is 0. The van der Waals surface area contributed by atoms with Crippen LogP contribution in [-0.2, 0) is 11.3 Å². The highest BCUT2D eigenvalue weighted by Gasteiger charge is 2.29. The normalized spacial score (nSPS) is 16.6. The average Bonchev–Trinajstić information content (AvgIpc) is 2.70. The first kappa shape index (κ1) is 27.8. The summed E-state index contributed by atoms with van der Waals surface area (Å²) in [5.41, 5.74) is 1.48. The number of nitrogens with zero attached hydrogens (tertiary/aromatic N) is 2. The van der Waals surface area contributed by atoms with Crippen molar-refractivity contribution in [2.75, 3.05) is 46.5 Å². The van der Waals surface area contributed by atoms with Crippen LogP contribution in [0.4, 0.5) is 13.2 Å². The molecule has 0 saturated carbocycles. The van der Waals surface area contributed by atoms with Crippen molar-refractivity contribution >= 4 is 29.9 Å². The Bertz CT molecular complexity index is 696. The predicted octanol–water partition coefficient (Wildman–Crippen LogP) is 3.58. The highest BCUT2D eigenvalue weighted by atomic mass is 127. The molecule has 1 saturated heterocycles. The topological polar surface area (TPSA) is 58.1 Å². The molecule has 0 aromatic heterocycles. The van der Waals surface area contributed by atoms with Gasteiger partial charge in [0.05, 0.1) is 13.2 Å². The van der Waals surface area contributed by atoms with Gasteiger partial charge in [0.2, 0.25) is 0 Å². The molecule has 1 aliphatic rings. The molecular weight excluding hydrogens is 524 g/mol. The van der Waals surface area contributed by atoms with Crippen molar-refractivity contribution in [2.24, 2.45) is 10.9 Å². The smallest absolute Gasteiger partial charge is 0.422 e. The number of guanidine groups is 1. The van der Waals surface area contributed by atoms with Gasteiger partial charge in [-0.3, -0.25) is 9.89 Å². The van der Waals surface area contributed by atoms with Crippen LogP contribution < -0.4 is 15.4 Å². The maximum absolute atomic E-state index is 12.6. The van der Waals surface area contributed by atoms with Gasteiger partial charge in [-0.25, -0.2) is 0 Å². The lowest BCUT2D eigenvalue weighted by Gasteiger charge is -2.37. The quantitative estimate of drug-likeness (QED) is 0.291. The molecule has 1 atom stereocenters. The molecular formula is C21H34F3IN4O2. The maximum Gasteiger partial charge on any atom is 0.422 e. The van der Waals surface area contributed by atoms with E-state index in [0.717, 1.165) is 31.9 Å². The summed E-state index contributed by atoms with van der Waals surface area (Å²) in [6.07, 6.45) is -4.38. The van der Waals surface area contributed by atoms with E-state index in [9.17, 15) is 13.2 Å². The van der Waals surface area contributed by atoms with Crippen molar-refractivity contribution in [3.05, 3.63) is 29.3 Å².